The number of nitrogens with two attached hydrogens (primary N) is 1. The number of anilines is 1. The Morgan fingerprint density at radius 3 is 2.35 bits per heavy atom. The van der Waals surface area contributed by atoms with Crippen LogP contribution < -0.4 is 11.1 Å². The van der Waals surface area contributed by atoms with Crippen LogP contribution in [0.2, 0.25) is 0 Å². The van der Waals surface area contributed by atoms with Gasteiger partial charge in [0.15, 0.2) is 0 Å². The van der Waals surface area contributed by atoms with Crippen LogP contribution in [0.5, 0.6) is 0 Å². The van der Waals surface area contributed by atoms with Gasteiger partial charge in [0.2, 0.25) is 0 Å². The predicted octanol–water partition coefficient (Wildman–Crippen LogP) is 4.58. The van der Waals surface area contributed by atoms with E-state index in [0.29, 0.717) is 6.54 Å². The van der Waals surface area contributed by atoms with E-state index >= 15 is 0 Å². The van der Waals surface area contributed by atoms with E-state index in [0.717, 1.165) is 21.1 Å². The molecular weight excluding hydrogens is 380 g/mol. The first-order chi connectivity index (χ1) is 9.50. The van der Waals surface area contributed by atoms with Crippen LogP contribution in [0.1, 0.15) is 12.5 Å². The fourth-order valence-corrected chi connectivity index (χ4v) is 2.80. The quantitative estimate of drug-likeness (QED) is 0.774. The zero-order chi connectivity index (χ0) is 14.6. The lowest BCUT2D eigenvalue weighted by Crippen LogP contribution is -2.44. The molecule has 2 rings (SSSR count). The number of nitrogens with one attached hydrogen (secondary N) is 1. The lowest BCUT2D eigenvalue weighted by Gasteiger charge is -2.31. The molecule has 0 amide bonds. The summed E-state index contributed by atoms with van der Waals surface area (Å²) in [5.41, 5.74) is 8.16. The largest absolute Gasteiger partial charge is 0.378 e. The summed E-state index contributed by atoms with van der Waals surface area (Å²) in [4.78, 5) is 0. The van der Waals surface area contributed by atoms with Crippen LogP contribution in [0.4, 0.5) is 5.69 Å². The number of halogens is 2. The Balaban J connectivity index is 2.14. The standard InChI is InChI=1S/C16H18Br2N2/c1-16(11-19,10-12-5-7-13(17)8-6-12)20-15-4-2-3-14(18)9-15/h2-9,20H,10-11,19H2,1H3. The molecule has 0 saturated heterocycles. The molecule has 0 aliphatic rings. The molecule has 2 aromatic rings. The molecule has 0 saturated carbocycles. The first kappa shape index (κ1) is 15.5. The van der Waals surface area contributed by atoms with Crippen LogP contribution in [0.3, 0.4) is 0 Å². The average molecular weight is 398 g/mol. The molecule has 0 aromatic heterocycles. The molecule has 1 unspecified atom stereocenters. The van der Waals surface area contributed by atoms with E-state index in [2.05, 4.69) is 80.5 Å². The maximum atomic E-state index is 5.99. The summed E-state index contributed by atoms with van der Waals surface area (Å²) >= 11 is 6.95. The first-order valence-corrected chi connectivity index (χ1v) is 8.08. The molecule has 0 aliphatic heterocycles. The van der Waals surface area contributed by atoms with Gasteiger partial charge in [0, 0.05) is 21.2 Å². The Morgan fingerprint density at radius 1 is 1.05 bits per heavy atom. The van der Waals surface area contributed by atoms with Gasteiger partial charge in [0.25, 0.3) is 0 Å². The smallest absolute Gasteiger partial charge is 0.0507 e. The number of benzene rings is 2. The minimum Gasteiger partial charge on any atom is -0.378 e. The molecule has 1 atom stereocenters. The van der Waals surface area contributed by atoms with Crippen molar-refractivity contribution in [2.75, 3.05) is 11.9 Å². The van der Waals surface area contributed by atoms with Gasteiger partial charge in [-0.25, -0.2) is 0 Å². The van der Waals surface area contributed by atoms with Crippen molar-refractivity contribution in [3.63, 3.8) is 0 Å². The fraction of sp³-hybridized carbons (Fsp3) is 0.250. The van der Waals surface area contributed by atoms with E-state index in [1.807, 2.05) is 12.1 Å². The van der Waals surface area contributed by atoms with Crippen LogP contribution in [0.25, 0.3) is 0 Å². The van der Waals surface area contributed by atoms with Crippen molar-refractivity contribution >= 4 is 37.5 Å². The molecule has 0 heterocycles. The van der Waals surface area contributed by atoms with Crippen LogP contribution in [0, 0.1) is 0 Å². The highest BCUT2D eigenvalue weighted by molar-refractivity contribution is 9.10. The van der Waals surface area contributed by atoms with Gasteiger partial charge in [0.05, 0.1) is 5.54 Å². The van der Waals surface area contributed by atoms with Crippen molar-refractivity contribution in [2.24, 2.45) is 5.73 Å². The van der Waals surface area contributed by atoms with E-state index in [-0.39, 0.29) is 5.54 Å². The summed E-state index contributed by atoms with van der Waals surface area (Å²) in [5.74, 6) is 0. The Labute approximate surface area is 137 Å². The molecule has 0 fully saturated rings. The Morgan fingerprint density at radius 2 is 1.75 bits per heavy atom. The second-order valence-electron chi connectivity index (χ2n) is 5.20. The molecular formula is C16H18Br2N2. The lowest BCUT2D eigenvalue weighted by molar-refractivity contribution is 0.521. The molecule has 0 bridgehead atoms. The van der Waals surface area contributed by atoms with Crippen molar-refractivity contribution in [1.82, 2.24) is 0 Å². The molecule has 3 N–H and O–H groups in total. The van der Waals surface area contributed by atoms with Crippen LogP contribution in [-0.4, -0.2) is 12.1 Å². The number of hydrogen-bond donors (Lipinski definition) is 2. The summed E-state index contributed by atoms with van der Waals surface area (Å²) in [6, 6.07) is 16.5. The van der Waals surface area contributed by atoms with E-state index in [1.54, 1.807) is 0 Å². The van der Waals surface area contributed by atoms with Gasteiger partial charge in [-0.1, -0.05) is 50.1 Å². The third-order valence-electron chi connectivity index (χ3n) is 3.23. The Hall–Kier alpha value is -0.840. The normalized spacial score (nSPS) is 13.8. The van der Waals surface area contributed by atoms with Crippen molar-refractivity contribution in [3.05, 3.63) is 63.0 Å². The number of rotatable bonds is 5. The van der Waals surface area contributed by atoms with E-state index < -0.39 is 0 Å². The molecule has 0 aliphatic carbocycles. The zero-order valence-electron chi connectivity index (χ0n) is 11.4. The topological polar surface area (TPSA) is 38.0 Å². The number of hydrogen-bond acceptors (Lipinski definition) is 2. The summed E-state index contributed by atoms with van der Waals surface area (Å²) in [5, 5.41) is 3.54. The monoisotopic (exact) mass is 396 g/mol. The summed E-state index contributed by atoms with van der Waals surface area (Å²) in [6.07, 6.45) is 0.878. The molecule has 2 aromatic carbocycles. The van der Waals surface area contributed by atoms with E-state index in [1.165, 1.54) is 5.56 Å². The second-order valence-corrected chi connectivity index (χ2v) is 7.03. The van der Waals surface area contributed by atoms with Crippen LogP contribution in [0.15, 0.2) is 57.5 Å². The van der Waals surface area contributed by atoms with E-state index in [9.17, 15) is 0 Å². The highest BCUT2D eigenvalue weighted by Crippen LogP contribution is 2.23. The van der Waals surface area contributed by atoms with Crippen LogP contribution in [-0.2, 0) is 6.42 Å². The fourth-order valence-electron chi connectivity index (χ4n) is 2.13. The Kier molecular flexibility index (Phi) is 5.24. The van der Waals surface area contributed by atoms with Gasteiger partial charge in [-0.05, 0) is 49.2 Å². The van der Waals surface area contributed by atoms with E-state index in [4.69, 9.17) is 5.73 Å². The Bertz CT molecular complexity index is 569. The van der Waals surface area contributed by atoms with Gasteiger partial charge in [-0.2, -0.15) is 0 Å². The molecule has 2 nitrogen and oxygen atoms in total. The average Bonchev–Trinajstić information content (AvgIpc) is 2.41. The summed E-state index contributed by atoms with van der Waals surface area (Å²) < 4.78 is 2.15. The minimum absolute atomic E-state index is 0.172. The third-order valence-corrected chi connectivity index (χ3v) is 4.25. The zero-order valence-corrected chi connectivity index (χ0v) is 14.5. The molecule has 20 heavy (non-hydrogen) atoms. The SMILES string of the molecule is CC(CN)(Cc1ccc(Br)cc1)Nc1cccc(Br)c1. The second kappa shape index (κ2) is 6.74. The van der Waals surface area contributed by atoms with Gasteiger partial charge < -0.3 is 11.1 Å². The predicted molar refractivity (Wildman–Crippen MR) is 93.1 cm³/mol. The third kappa shape index (κ3) is 4.33. The molecule has 106 valence electrons. The summed E-state index contributed by atoms with van der Waals surface area (Å²) in [7, 11) is 0. The van der Waals surface area contributed by atoms with Crippen LogP contribution >= 0.6 is 31.9 Å². The highest BCUT2D eigenvalue weighted by atomic mass is 79.9. The molecule has 0 radical (unpaired) electrons. The maximum absolute atomic E-state index is 5.99. The first-order valence-electron chi connectivity index (χ1n) is 6.49. The van der Waals surface area contributed by atoms with Crippen molar-refractivity contribution in [1.29, 1.82) is 0 Å². The molecule has 4 heteroatoms. The van der Waals surface area contributed by atoms with Crippen molar-refractivity contribution < 1.29 is 0 Å². The van der Waals surface area contributed by atoms with Gasteiger partial charge in [-0.3, -0.25) is 0 Å². The lowest BCUT2D eigenvalue weighted by atomic mass is 9.92. The highest BCUT2D eigenvalue weighted by Gasteiger charge is 2.22. The van der Waals surface area contributed by atoms with Gasteiger partial charge in [-0.15, -0.1) is 0 Å². The maximum Gasteiger partial charge on any atom is 0.0507 e. The summed E-state index contributed by atoms with van der Waals surface area (Å²) in [6.45, 7) is 2.71. The van der Waals surface area contributed by atoms with Crippen molar-refractivity contribution in [2.45, 2.75) is 18.9 Å². The van der Waals surface area contributed by atoms with Gasteiger partial charge in [0.1, 0.15) is 0 Å². The minimum atomic E-state index is -0.172. The van der Waals surface area contributed by atoms with Crippen molar-refractivity contribution in [3.8, 4) is 0 Å². The molecule has 0 spiro atoms. The van der Waals surface area contributed by atoms with Gasteiger partial charge >= 0.3 is 0 Å².